The Morgan fingerprint density at radius 3 is 2.64 bits per heavy atom. The van der Waals surface area contributed by atoms with Crippen molar-refractivity contribution in [2.75, 3.05) is 13.1 Å². The molecule has 0 aliphatic carbocycles. The maximum absolute atomic E-state index is 12.1. The number of nitriles is 1. The van der Waals surface area contributed by atoms with Gasteiger partial charge >= 0.3 is 0 Å². The SMILES string of the molecule is CC1CCN(/C=C(/C#N)C(=O)NCc2ccc(Cl)cc2)CC1. The monoisotopic (exact) mass is 317 g/mol. The van der Waals surface area contributed by atoms with E-state index < -0.39 is 0 Å². The van der Waals surface area contributed by atoms with Crippen molar-refractivity contribution in [2.45, 2.75) is 26.3 Å². The van der Waals surface area contributed by atoms with Gasteiger partial charge in [-0.2, -0.15) is 5.26 Å². The number of nitrogens with one attached hydrogen (secondary N) is 1. The van der Waals surface area contributed by atoms with E-state index in [1.54, 1.807) is 18.3 Å². The summed E-state index contributed by atoms with van der Waals surface area (Å²) < 4.78 is 0. The number of amides is 1. The molecule has 0 unspecified atom stereocenters. The molecule has 0 bridgehead atoms. The summed E-state index contributed by atoms with van der Waals surface area (Å²) in [4.78, 5) is 14.2. The van der Waals surface area contributed by atoms with Gasteiger partial charge in [0.05, 0.1) is 0 Å². The first kappa shape index (κ1) is 16.4. The van der Waals surface area contributed by atoms with Gasteiger partial charge < -0.3 is 10.2 Å². The molecule has 0 radical (unpaired) electrons. The molecule has 4 nitrogen and oxygen atoms in total. The molecule has 1 saturated heterocycles. The number of halogens is 1. The van der Waals surface area contributed by atoms with Gasteiger partial charge in [0.2, 0.25) is 0 Å². The predicted octanol–water partition coefficient (Wildman–Crippen LogP) is 3.10. The number of piperidine rings is 1. The number of carbonyl (C=O) groups is 1. The number of hydrogen-bond donors (Lipinski definition) is 1. The van der Waals surface area contributed by atoms with Crippen LogP contribution in [0.5, 0.6) is 0 Å². The molecule has 2 rings (SSSR count). The molecular formula is C17H20ClN3O. The second-order valence-electron chi connectivity index (χ2n) is 5.68. The highest BCUT2D eigenvalue weighted by Crippen LogP contribution is 2.17. The van der Waals surface area contributed by atoms with Gasteiger partial charge in [0.1, 0.15) is 11.6 Å². The fourth-order valence-electron chi connectivity index (χ4n) is 2.36. The molecule has 1 aliphatic rings. The maximum atomic E-state index is 12.1. The van der Waals surface area contributed by atoms with E-state index in [1.165, 1.54) is 0 Å². The van der Waals surface area contributed by atoms with E-state index in [0.717, 1.165) is 31.5 Å². The van der Waals surface area contributed by atoms with Crippen LogP contribution in [0.3, 0.4) is 0 Å². The summed E-state index contributed by atoms with van der Waals surface area (Å²) >= 11 is 5.82. The van der Waals surface area contributed by atoms with Crippen LogP contribution in [0.2, 0.25) is 5.02 Å². The van der Waals surface area contributed by atoms with Crippen molar-refractivity contribution in [3.63, 3.8) is 0 Å². The standard InChI is InChI=1S/C17H20ClN3O/c1-13-6-8-21(9-7-13)12-15(10-19)17(22)20-11-14-2-4-16(18)5-3-14/h2-5,12-13H,6-9,11H2,1H3,(H,20,22)/b15-12-. The summed E-state index contributed by atoms with van der Waals surface area (Å²) in [6, 6.07) is 9.25. The molecule has 116 valence electrons. The highest BCUT2D eigenvalue weighted by Gasteiger charge is 2.16. The average molecular weight is 318 g/mol. The Hall–Kier alpha value is -1.99. The lowest BCUT2D eigenvalue weighted by atomic mass is 9.99. The van der Waals surface area contributed by atoms with Gasteiger partial charge in [-0.1, -0.05) is 30.7 Å². The Morgan fingerprint density at radius 2 is 2.05 bits per heavy atom. The summed E-state index contributed by atoms with van der Waals surface area (Å²) in [5.41, 5.74) is 1.10. The van der Waals surface area contributed by atoms with E-state index in [9.17, 15) is 10.1 Å². The summed E-state index contributed by atoms with van der Waals surface area (Å²) in [6.07, 6.45) is 3.88. The van der Waals surface area contributed by atoms with Crippen LogP contribution >= 0.6 is 11.6 Å². The third kappa shape index (κ3) is 4.78. The molecular weight excluding hydrogens is 298 g/mol. The molecule has 1 amide bonds. The van der Waals surface area contributed by atoms with Crippen molar-refractivity contribution < 1.29 is 4.79 Å². The molecule has 1 N–H and O–H groups in total. The van der Waals surface area contributed by atoms with Crippen LogP contribution in [0.4, 0.5) is 0 Å². The van der Waals surface area contributed by atoms with Crippen molar-refractivity contribution >= 4 is 17.5 Å². The summed E-state index contributed by atoms with van der Waals surface area (Å²) in [7, 11) is 0. The average Bonchev–Trinajstić information content (AvgIpc) is 2.53. The minimum Gasteiger partial charge on any atom is -0.376 e. The van der Waals surface area contributed by atoms with Gasteiger partial charge in [0.25, 0.3) is 5.91 Å². The smallest absolute Gasteiger partial charge is 0.263 e. The van der Waals surface area contributed by atoms with Crippen LogP contribution in [0.25, 0.3) is 0 Å². The fraction of sp³-hybridized carbons (Fsp3) is 0.412. The number of likely N-dealkylation sites (tertiary alicyclic amines) is 1. The Morgan fingerprint density at radius 1 is 1.41 bits per heavy atom. The molecule has 1 fully saturated rings. The van der Waals surface area contributed by atoms with Crippen LogP contribution < -0.4 is 5.32 Å². The molecule has 22 heavy (non-hydrogen) atoms. The lowest BCUT2D eigenvalue weighted by Gasteiger charge is -2.29. The van der Waals surface area contributed by atoms with Gasteiger partial charge in [0.15, 0.2) is 0 Å². The molecule has 0 aromatic heterocycles. The zero-order chi connectivity index (χ0) is 15.9. The van der Waals surface area contributed by atoms with Crippen LogP contribution in [-0.4, -0.2) is 23.9 Å². The number of nitrogens with zero attached hydrogens (tertiary/aromatic N) is 2. The molecule has 1 aromatic carbocycles. The second-order valence-corrected chi connectivity index (χ2v) is 6.12. The third-order valence-corrected chi connectivity index (χ3v) is 4.11. The third-order valence-electron chi connectivity index (χ3n) is 3.86. The second kappa shape index (κ2) is 7.86. The van der Waals surface area contributed by atoms with Gasteiger partial charge in [-0.05, 0) is 36.5 Å². The van der Waals surface area contributed by atoms with Crippen molar-refractivity contribution in [1.82, 2.24) is 10.2 Å². The number of rotatable bonds is 4. The molecule has 1 heterocycles. The van der Waals surface area contributed by atoms with E-state index in [1.807, 2.05) is 18.2 Å². The van der Waals surface area contributed by atoms with Gasteiger partial charge in [0, 0.05) is 30.9 Å². The highest BCUT2D eigenvalue weighted by atomic mass is 35.5. The zero-order valence-corrected chi connectivity index (χ0v) is 13.4. The molecule has 1 aliphatic heterocycles. The van der Waals surface area contributed by atoms with Crippen molar-refractivity contribution in [3.8, 4) is 6.07 Å². The number of benzene rings is 1. The zero-order valence-electron chi connectivity index (χ0n) is 12.7. The number of hydrogen-bond acceptors (Lipinski definition) is 3. The number of carbonyl (C=O) groups excluding carboxylic acids is 1. The van der Waals surface area contributed by atoms with Gasteiger partial charge in [-0.25, -0.2) is 0 Å². The largest absolute Gasteiger partial charge is 0.376 e. The minimum atomic E-state index is -0.337. The van der Waals surface area contributed by atoms with Crippen LogP contribution in [0.1, 0.15) is 25.3 Å². The molecule has 0 saturated carbocycles. The lowest BCUT2D eigenvalue weighted by Crippen LogP contribution is -2.31. The normalized spacial score (nSPS) is 16.2. The first-order chi connectivity index (χ1) is 10.6. The van der Waals surface area contributed by atoms with E-state index in [0.29, 0.717) is 17.5 Å². The first-order valence-electron chi connectivity index (χ1n) is 7.47. The maximum Gasteiger partial charge on any atom is 0.263 e. The quantitative estimate of drug-likeness (QED) is 0.686. The predicted molar refractivity (Wildman–Crippen MR) is 87.0 cm³/mol. The summed E-state index contributed by atoms with van der Waals surface area (Å²) in [5, 5.41) is 12.6. The first-order valence-corrected chi connectivity index (χ1v) is 7.85. The van der Waals surface area contributed by atoms with E-state index in [2.05, 4.69) is 17.1 Å². The van der Waals surface area contributed by atoms with Crippen LogP contribution in [0.15, 0.2) is 36.0 Å². The van der Waals surface area contributed by atoms with E-state index in [4.69, 9.17) is 11.6 Å². The van der Waals surface area contributed by atoms with Crippen LogP contribution in [-0.2, 0) is 11.3 Å². The van der Waals surface area contributed by atoms with Gasteiger partial charge in [-0.15, -0.1) is 0 Å². The Kier molecular flexibility index (Phi) is 5.85. The van der Waals surface area contributed by atoms with Crippen molar-refractivity contribution in [3.05, 3.63) is 46.6 Å². The highest BCUT2D eigenvalue weighted by molar-refractivity contribution is 6.30. The van der Waals surface area contributed by atoms with E-state index in [-0.39, 0.29) is 11.5 Å². The topological polar surface area (TPSA) is 56.1 Å². The fourth-order valence-corrected chi connectivity index (χ4v) is 2.48. The Balaban J connectivity index is 1.91. The molecule has 0 spiro atoms. The van der Waals surface area contributed by atoms with Crippen molar-refractivity contribution in [1.29, 1.82) is 5.26 Å². The van der Waals surface area contributed by atoms with Crippen LogP contribution in [0, 0.1) is 17.2 Å². The molecule has 1 aromatic rings. The van der Waals surface area contributed by atoms with Gasteiger partial charge in [-0.3, -0.25) is 4.79 Å². The van der Waals surface area contributed by atoms with Crippen molar-refractivity contribution in [2.24, 2.45) is 5.92 Å². The molecule has 0 atom stereocenters. The summed E-state index contributed by atoms with van der Waals surface area (Å²) in [6.45, 7) is 4.41. The summed E-state index contributed by atoms with van der Waals surface area (Å²) in [5.74, 6) is 0.380. The Labute approximate surface area is 136 Å². The lowest BCUT2D eigenvalue weighted by molar-refractivity contribution is -0.117. The van der Waals surface area contributed by atoms with E-state index >= 15 is 0 Å². The molecule has 5 heteroatoms. The Bertz CT molecular complexity index is 581. The minimum absolute atomic E-state index is 0.156.